The zero-order valence-electron chi connectivity index (χ0n) is 16.5. The van der Waals surface area contributed by atoms with Crippen LogP contribution in [-0.4, -0.2) is 41.0 Å². The van der Waals surface area contributed by atoms with Gasteiger partial charge in [0.25, 0.3) is 0 Å². The van der Waals surface area contributed by atoms with Gasteiger partial charge in [-0.15, -0.1) is 0 Å². The number of aromatic nitrogens is 2. The first-order valence-corrected chi connectivity index (χ1v) is 10.9. The molecule has 0 aliphatic carbocycles. The van der Waals surface area contributed by atoms with Crippen LogP contribution in [0.25, 0.3) is 11.3 Å². The highest BCUT2D eigenvalue weighted by Crippen LogP contribution is 2.28. The summed E-state index contributed by atoms with van der Waals surface area (Å²) in [4.78, 5) is 19.0. The van der Waals surface area contributed by atoms with E-state index in [1.54, 1.807) is 4.90 Å². The normalized spacial score (nSPS) is 16.1. The number of nitrogens with zero attached hydrogens (tertiary/aromatic N) is 3. The minimum absolute atomic E-state index is 0.0501. The Morgan fingerprint density at radius 1 is 1.17 bits per heavy atom. The average molecular weight is 408 g/mol. The summed E-state index contributed by atoms with van der Waals surface area (Å²) in [5, 5.41) is 0.856. The topological polar surface area (TPSA) is 47.4 Å². The summed E-state index contributed by atoms with van der Waals surface area (Å²) in [6, 6.07) is 20.0. The third kappa shape index (κ3) is 4.71. The summed E-state index contributed by atoms with van der Waals surface area (Å²) in [5.41, 5.74) is 3.08. The van der Waals surface area contributed by atoms with Gasteiger partial charge in [0.2, 0.25) is 5.91 Å². The molecule has 3 aromatic rings. The standard InChI is InChI=1S/C23H25N3O2S/c1-25(19-11-6-3-7-12-19)22(27)17-29-23-24-15-21(18-9-4-2-5-10-18)26(23)16-20-13-8-14-28-20/h2-7,9-12,15,20H,8,13-14,16-17H2,1H3. The number of anilines is 1. The zero-order chi connectivity index (χ0) is 20.1. The molecule has 150 valence electrons. The van der Waals surface area contributed by atoms with Crippen LogP contribution in [0.1, 0.15) is 12.8 Å². The van der Waals surface area contributed by atoms with Crippen molar-refractivity contribution in [2.75, 3.05) is 24.3 Å². The van der Waals surface area contributed by atoms with Crippen molar-refractivity contribution in [1.82, 2.24) is 9.55 Å². The largest absolute Gasteiger partial charge is 0.376 e. The van der Waals surface area contributed by atoms with Crippen LogP contribution in [0.15, 0.2) is 72.0 Å². The maximum absolute atomic E-state index is 12.7. The van der Waals surface area contributed by atoms with E-state index in [1.807, 2.05) is 61.8 Å². The van der Waals surface area contributed by atoms with Gasteiger partial charge in [-0.25, -0.2) is 4.98 Å². The molecular weight excluding hydrogens is 382 g/mol. The Kier molecular flexibility index (Phi) is 6.32. The van der Waals surface area contributed by atoms with E-state index in [4.69, 9.17) is 4.74 Å². The van der Waals surface area contributed by atoms with Gasteiger partial charge in [-0.3, -0.25) is 4.79 Å². The lowest BCUT2D eigenvalue weighted by molar-refractivity contribution is -0.115. The van der Waals surface area contributed by atoms with E-state index in [0.29, 0.717) is 5.75 Å². The predicted molar refractivity (Wildman–Crippen MR) is 117 cm³/mol. The molecule has 4 rings (SSSR count). The van der Waals surface area contributed by atoms with Gasteiger partial charge in [-0.2, -0.15) is 0 Å². The summed E-state index contributed by atoms with van der Waals surface area (Å²) in [6.07, 6.45) is 4.27. The lowest BCUT2D eigenvalue weighted by Crippen LogP contribution is -2.28. The number of benzene rings is 2. The summed E-state index contributed by atoms with van der Waals surface area (Å²) in [6.45, 7) is 1.58. The van der Waals surface area contributed by atoms with Crippen LogP contribution in [0.2, 0.25) is 0 Å². The van der Waals surface area contributed by atoms with Crippen molar-refractivity contribution < 1.29 is 9.53 Å². The highest BCUT2D eigenvalue weighted by Gasteiger charge is 2.21. The van der Waals surface area contributed by atoms with Crippen LogP contribution < -0.4 is 4.90 Å². The van der Waals surface area contributed by atoms with Gasteiger partial charge in [0.15, 0.2) is 5.16 Å². The zero-order valence-corrected chi connectivity index (χ0v) is 17.3. The summed E-state index contributed by atoms with van der Waals surface area (Å²) >= 11 is 1.48. The first-order chi connectivity index (χ1) is 14.2. The molecule has 1 amide bonds. The van der Waals surface area contributed by atoms with E-state index < -0.39 is 0 Å². The van der Waals surface area contributed by atoms with Crippen LogP contribution in [0.5, 0.6) is 0 Å². The van der Waals surface area contributed by atoms with Crippen LogP contribution in [0.4, 0.5) is 5.69 Å². The number of carbonyl (C=O) groups excluding carboxylic acids is 1. The molecule has 1 saturated heterocycles. The summed E-state index contributed by atoms with van der Waals surface area (Å²) in [7, 11) is 1.81. The predicted octanol–water partition coefficient (Wildman–Crippen LogP) is 4.48. The molecule has 1 aliphatic heterocycles. The maximum Gasteiger partial charge on any atom is 0.237 e. The van der Waals surface area contributed by atoms with E-state index in [1.165, 1.54) is 11.8 Å². The second-order valence-electron chi connectivity index (χ2n) is 7.11. The lowest BCUT2D eigenvalue weighted by atomic mass is 10.1. The molecule has 0 saturated carbocycles. The van der Waals surface area contributed by atoms with E-state index in [2.05, 4.69) is 21.7 Å². The summed E-state index contributed by atoms with van der Waals surface area (Å²) < 4.78 is 8.06. The number of thioether (sulfide) groups is 1. The van der Waals surface area contributed by atoms with Crippen molar-refractivity contribution >= 4 is 23.4 Å². The Hall–Kier alpha value is -2.57. The van der Waals surface area contributed by atoms with Gasteiger partial charge in [-0.05, 0) is 30.5 Å². The fraction of sp³-hybridized carbons (Fsp3) is 0.304. The molecule has 6 heteroatoms. The van der Waals surface area contributed by atoms with Gasteiger partial charge in [-0.1, -0.05) is 60.3 Å². The molecule has 2 aromatic carbocycles. The van der Waals surface area contributed by atoms with Crippen molar-refractivity contribution in [2.24, 2.45) is 0 Å². The molecular formula is C23H25N3O2S. The minimum Gasteiger partial charge on any atom is -0.376 e. The molecule has 0 spiro atoms. The molecule has 2 heterocycles. The van der Waals surface area contributed by atoms with Gasteiger partial charge in [0.05, 0.1) is 30.3 Å². The number of carbonyl (C=O) groups is 1. The van der Waals surface area contributed by atoms with Crippen LogP contribution >= 0.6 is 11.8 Å². The highest BCUT2D eigenvalue weighted by molar-refractivity contribution is 7.99. The minimum atomic E-state index is 0.0501. The van der Waals surface area contributed by atoms with Crippen molar-refractivity contribution in [3.63, 3.8) is 0 Å². The quantitative estimate of drug-likeness (QED) is 0.542. The maximum atomic E-state index is 12.7. The van der Waals surface area contributed by atoms with Gasteiger partial charge in [0.1, 0.15) is 0 Å². The summed E-state index contributed by atoms with van der Waals surface area (Å²) in [5.74, 6) is 0.386. The number of para-hydroxylation sites is 1. The van der Waals surface area contributed by atoms with Crippen molar-refractivity contribution in [3.05, 3.63) is 66.9 Å². The molecule has 5 nitrogen and oxygen atoms in total. The first-order valence-electron chi connectivity index (χ1n) is 9.89. The fourth-order valence-corrected chi connectivity index (χ4v) is 4.40. The molecule has 1 aliphatic rings. The van der Waals surface area contributed by atoms with Gasteiger partial charge in [0, 0.05) is 19.3 Å². The second kappa shape index (κ2) is 9.29. The van der Waals surface area contributed by atoms with Gasteiger partial charge < -0.3 is 14.2 Å². The third-order valence-corrected chi connectivity index (χ3v) is 6.12. The molecule has 1 atom stereocenters. The Morgan fingerprint density at radius 3 is 2.59 bits per heavy atom. The fourth-order valence-electron chi connectivity index (χ4n) is 3.50. The smallest absolute Gasteiger partial charge is 0.237 e. The monoisotopic (exact) mass is 407 g/mol. The molecule has 1 unspecified atom stereocenters. The van der Waals surface area contributed by atoms with Crippen LogP contribution in [-0.2, 0) is 16.1 Å². The number of amides is 1. The van der Waals surface area contributed by atoms with Gasteiger partial charge >= 0.3 is 0 Å². The molecule has 0 bridgehead atoms. The third-order valence-electron chi connectivity index (χ3n) is 5.14. The first kappa shape index (κ1) is 19.7. The van der Waals surface area contributed by atoms with E-state index in [-0.39, 0.29) is 12.0 Å². The van der Waals surface area contributed by atoms with E-state index in [0.717, 1.165) is 48.1 Å². The number of rotatable bonds is 7. The number of imidazole rings is 1. The molecule has 29 heavy (non-hydrogen) atoms. The number of hydrogen-bond acceptors (Lipinski definition) is 4. The molecule has 0 radical (unpaired) electrons. The average Bonchev–Trinajstić information content (AvgIpc) is 3.43. The Morgan fingerprint density at radius 2 is 1.90 bits per heavy atom. The van der Waals surface area contributed by atoms with Crippen molar-refractivity contribution in [3.8, 4) is 11.3 Å². The van der Waals surface area contributed by atoms with E-state index in [9.17, 15) is 4.79 Å². The molecule has 1 aromatic heterocycles. The second-order valence-corrected chi connectivity index (χ2v) is 8.06. The lowest BCUT2D eigenvalue weighted by Gasteiger charge is -2.18. The number of hydrogen-bond donors (Lipinski definition) is 0. The number of ether oxygens (including phenoxy) is 1. The molecule has 0 N–H and O–H groups in total. The van der Waals surface area contributed by atoms with E-state index >= 15 is 0 Å². The highest BCUT2D eigenvalue weighted by atomic mass is 32.2. The Labute approximate surface area is 175 Å². The Bertz CT molecular complexity index is 937. The van der Waals surface area contributed by atoms with Crippen LogP contribution in [0, 0.1) is 0 Å². The van der Waals surface area contributed by atoms with Crippen molar-refractivity contribution in [1.29, 1.82) is 0 Å². The van der Waals surface area contributed by atoms with Crippen molar-refractivity contribution in [2.45, 2.75) is 30.6 Å². The molecule has 1 fully saturated rings. The Balaban J connectivity index is 1.52. The SMILES string of the molecule is CN(C(=O)CSc1ncc(-c2ccccc2)n1CC1CCCO1)c1ccccc1. The van der Waals surface area contributed by atoms with Crippen LogP contribution in [0.3, 0.4) is 0 Å².